The number of hydrogen-bond acceptors (Lipinski definition) is 5. The Hall–Kier alpha value is -0.490. The number of methoxy groups -OCH3 is 2. The monoisotopic (exact) mass is 244 g/mol. The van der Waals surface area contributed by atoms with Gasteiger partial charge in [-0.3, -0.25) is 0 Å². The second kappa shape index (κ2) is 7.73. The van der Waals surface area contributed by atoms with Gasteiger partial charge in [0.25, 0.3) is 0 Å². The minimum atomic E-state index is 0.401. The van der Waals surface area contributed by atoms with E-state index in [-0.39, 0.29) is 0 Å². The summed E-state index contributed by atoms with van der Waals surface area (Å²) in [6, 6.07) is 0.401. The standard InChI is InChI=1S/C11H20N2O2S/c1-4-9(6-14-2)12-5-10-8-16-11(13-10)7-15-3/h8-9,12H,4-7H2,1-3H3. The van der Waals surface area contributed by atoms with E-state index >= 15 is 0 Å². The predicted octanol–water partition coefficient (Wildman–Crippen LogP) is 1.80. The number of rotatable bonds is 8. The number of aromatic nitrogens is 1. The fourth-order valence-corrected chi connectivity index (χ4v) is 2.16. The van der Waals surface area contributed by atoms with Crippen LogP contribution >= 0.6 is 11.3 Å². The third-order valence-electron chi connectivity index (χ3n) is 2.30. The predicted molar refractivity (Wildman–Crippen MR) is 65.6 cm³/mol. The van der Waals surface area contributed by atoms with Gasteiger partial charge in [0.15, 0.2) is 0 Å². The van der Waals surface area contributed by atoms with Crippen molar-refractivity contribution in [3.8, 4) is 0 Å². The van der Waals surface area contributed by atoms with Crippen LogP contribution in [0.3, 0.4) is 0 Å². The molecule has 0 saturated carbocycles. The third kappa shape index (κ3) is 4.57. The highest BCUT2D eigenvalue weighted by Gasteiger charge is 2.06. The number of ether oxygens (including phenoxy) is 2. The van der Waals surface area contributed by atoms with E-state index in [9.17, 15) is 0 Å². The smallest absolute Gasteiger partial charge is 0.119 e. The van der Waals surface area contributed by atoms with E-state index in [0.717, 1.165) is 30.3 Å². The van der Waals surface area contributed by atoms with Gasteiger partial charge in [-0.2, -0.15) is 0 Å². The molecule has 1 unspecified atom stereocenters. The Morgan fingerprint density at radius 1 is 1.44 bits per heavy atom. The lowest BCUT2D eigenvalue weighted by molar-refractivity contribution is 0.163. The fourth-order valence-electron chi connectivity index (χ4n) is 1.39. The summed E-state index contributed by atoms with van der Waals surface area (Å²) < 4.78 is 10.2. The van der Waals surface area contributed by atoms with Crippen molar-refractivity contribution in [3.05, 3.63) is 16.1 Å². The Balaban J connectivity index is 2.34. The van der Waals surface area contributed by atoms with Gasteiger partial charge in [0.2, 0.25) is 0 Å². The van der Waals surface area contributed by atoms with Gasteiger partial charge in [-0.25, -0.2) is 4.98 Å². The molecule has 0 radical (unpaired) electrons. The molecule has 0 fully saturated rings. The van der Waals surface area contributed by atoms with Gasteiger partial charge >= 0.3 is 0 Å². The molecule has 1 heterocycles. The van der Waals surface area contributed by atoms with Crippen molar-refractivity contribution in [3.63, 3.8) is 0 Å². The summed E-state index contributed by atoms with van der Waals surface area (Å²) >= 11 is 1.64. The van der Waals surface area contributed by atoms with Gasteiger partial charge in [-0.15, -0.1) is 11.3 Å². The molecule has 0 spiro atoms. The third-order valence-corrected chi connectivity index (χ3v) is 3.17. The summed E-state index contributed by atoms with van der Waals surface area (Å²) in [7, 11) is 3.41. The highest BCUT2D eigenvalue weighted by atomic mass is 32.1. The molecular formula is C11H20N2O2S. The molecule has 16 heavy (non-hydrogen) atoms. The molecule has 0 aliphatic carbocycles. The molecule has 1 aromatic rings. The van der Waals surface area contributed by atoms with Crippen LogP contribution in [0.4, 0.5) is 0 Å². The maximum atomic E-state index is 5.13. The maximum absolute atomic E-state index is 5.13. The zero-order valence-corrected chi connectivity index (χ0v) is 11.0. The molecule has 1 aromatic heterocycles. The van der Waals surface area contributed by atoms with Crippen molar-refractivity contribution < 1.29 is 9.47 Å². The highest BCUT2D eigenvalue weighted by molar-refractivity contribution is 7.09. The zero-order valence-electron chi connectivity index (χ0n) is 10.2. The largest absolute Gasteiger partial charge is 0.383 e. The van der Waals surface area contributed by atoms with Crippen LogP contribution in [0.25, 0.3) is 0 Å². The summed E-state index contributed by atoms with van der Waals surface area (Å²) in [5.74, 6) is 0. The molecule has 4 nitrogen and oxygen atoms in total. The first-order valence-electron chi connectivity index (χ1n) is 5.44. The number of hydrogen-bond donors (Lipinski definition) is 1. The highest BCUT2D eigenvalue weighted by Crippen LogP contribution is 2.10. The summed E-state index contributed by atoms with van der Waals surface area (Å²) in [6.07, 6.45) is 1.06. The van der Waals surface area contributed by atoms with Crippen molar-refractivity contribution in [1.29, 1.82) is 0 Å². The average Bonchev–Trinajstić information content (AvgIpc) is 2.72. The SMILES string of the molecule is CCC(COC)NCc1csc(COC)n1. The minimum absolute atomic E-state index is 0.401. The van der Waals surface area contributed by atoms with Crippen LogP contribution in [-0.4, -0.2) is 31.9 Å². The second-order valence-electron chi connectivity index (χ2n) is 3.61. The molecule has 92 valence electrons. The maximum Gasteiger partial charge on any atom is 0.119 e. The summed E-state index contributed by atoms with van der Waals surface area (Å²) in [5.41, 5.74) is 1.08. The van der Waals surface area contributed by atoms with E-state index in [1.54, 1.807) is 25.6 Å². The number of nitrogens with zero attached hydrogens (tertiary/aromatic N) is 1. The van der Waals surface area contributed by atoms with Gasteiger partial charge in [0.05, 0.1) is 18.9 Å². The normalized spacial score (nSPS) is 12.9. The molecular weight excluding hydrogens is 224 g/mol. The Labute approximate surface area is 101 Å². The lowest BCUT2D eigenvalue weighted by atomic mass is 10.2. The number of thiazole rings is 1. The molecule has 0 amide bonds. The van der Waals surface area contributed by atoms with E-state index in [1.165, 1.54) is 0 Å². The summed E-state index contributed by atoms with van der Waals surface area (Å²) in [6.45, 7) is 4.28. The quantitative estimate of drug-likeness (QED) is 0.757. The van der Waals surface area contributed by atoms with E-state index in [0.29, 0.717) is 12.6 Å². The van der Waals surface area contributed by atoms with Crippen LogP contribution in [0.15, 0.2) is 5.38 Å². The molecule has 0 aliphatic heterocycles. The van der Waals surface area contributed by atoms with Crippen LogP contribution in [0, 0.1) is 0 Å². The molecule has 0 aromatic carbocycles. The number of nitrogens with one attached hydrogen (secondary N) is 1. The van der Waals surface area contributed by atoms with Gasteiger partial charge < -0.3 is 14.8 Å². The first-order chi connectivity index (χ1) is 7.80. The first kappa shape index (κ1) is 13.6. The van der Waals surface area contributed by atoms with Gasteiger partial charge in [-0.05, 0) is 6.42 Å². The van der Waals surface area contributed by atoms with Crippen molar-refractivity contribution in [1.82, 2.24) is 10.3 Å². The zero-order chi connectivity index (χ0) is 11.8. The topological polar surface area (TPSA) is 43.4 Å². The second-order valence-corrected chi connectivity index (χ2v) is 4.55. The van der Waals surface area contributed by atoms with E-state index in [1.807, 2.05) is 0 Å². The Morgan fingerprint density at radius 2 is 2.25 bits per heavy atom. The minimum Gasteiger partial charge on any atom is -0.383 e. The molecule has 1 N–H and O–H groups in total. The lowest BCUT2D eigenvalue weighted by Gasteiger charge is -2.14. The van der Waals surface area contributed by atoms with Crippen molar-refractivity contribution >= 4 is 11.3 Å². The molecule has 0 bridgehead atoms. The van der Waals surface area contributed by atoms with Crippen LogP contribution in [0.1, 0.15) is 24.0 Å². The molecule has 0 aliphatic rings. The van der Waals surface area contributed by atoms with Crippen molar-refractivity contribution in [2.75, 3.05) is 20.8 Å². The van der Waals surface area contributed by atoms with Gasteiger partial charge in [0, 0.05) is 32.2 Å². The van der Waals surface area contributed by atoms with Gasteiger partial charge in [-0.1, -0.05) is 6.92 Å². The Kier molecular flexibility index (Phi) is 6.56. The fraction of sp³-hybridized carbons (Fsp3) is 0.727. The average molecular weight is 244 g/mol. The van der Waals surface area contributed by atoms with Gasteiger partial charge in [0.1, 0.15) is 5.01 Å². The van der Waals surface area contributed by atoms with E-state index < -0.39 is 0 Å². The van der Waals surface area contributed by atoms with Crippen LogP contribution in [0.5, 0.6) is 0 Å². The van der Waals surface area contributed by atoms with Crippen LogP contribution < -0.4 is 5.32 Å². The van der Waals surface area contributed by atoms with Crippen molar-refractivity contribution in [2.45, 2.75) is 32.5 Å². The first-order valence-corrected chi connectivity index (χ1v) is 6.32. The van der Waals surface area contributed by atoms with Crippen molar-refractivity contribution in [2.24, 2.45) is 0 Å². The van der Waals surface area contributed by atoms with E-state index in [4.69, 9.17) is 9.47 Å². The molecule has 1 atom stereocenters. The van der Waals surface area contributed by atoms with Crippen LogP contribution in [0.2, 0.25) is 0 Å². The Morgan fingerprint density at radius 3 is 2.88 bits per heavy atom. The van der Waals surface area contributed by atoms with Crippen LogP contribution in [-0.2, 0) is 22.6 Å². The van der Waals surface area contributed by atoms with E-state index in [2.05, 4.69) is 22.6 Å². The summed E-state index contributed by atoms with van der Waals surface area (Å²) in [4.78, 5) is 4.46. The lowest BCUT2D eigenvalue weighted by Crippen LogP contribution is -2.32. The molecule has 1 rings (SSSR count). The molecule has 0 saturated heterocycles. The Bertz CT molecular complexity index is 291. The molecule has 5 heteroatoms. The summed E-state index contributed by atoms with van der Waals surface area (Å²) in [5, 5.41) is 6.52.